The Morgan fingerprint density at radius 2 is 1.52 bits per heavy atom. The summed E-state index contributed by atoms with van der Waals surface area (Å²) >= 11 is 0. The van der Waals surface area contributed by atoms with E-state index in [0.717, 1.165) is 16.6 Å². The predicted molar refractivity (Wildman–Crippen MR) is 101 cm³/mol. The van der Waals surface area contributed by atoms with E-state index in [0.29, 0.717) is 26.1 Å². The first-order valence-electron chi connectivity index (χ1n) is 8.71. The van der Waals surface area contributed by atoms with Gasteiger partial charge in [0.05, 0.1) is 5.41 Å². The third-order valence-corrected chi connectivity index (χ3v) is 5.11. The maximum Gasteiger partial charge on any atom is 0.235 e. The number of benzene rings is 3. The summed E-state index contributed by atoms with van der Waals surface area (Å²) in [6.07, 6.45) is 1.41. The number of carbonyl (C=O) groups excluding carboxylic acids is 1. The van der Waals surface area contributed by atoms with E-state index in [-0.39, 0.29) is 5.91 Å². The van der Waals surface area contributed by atoms with E-state index in [1.165, 1.54) is 5.39 Å². The van der Waals surface area contributed by atoms with Gasteiger partial charge in [-0.3, -0.25) is 4.79 Å². The minimum atomic E-state index is -0.523. The summed E-state index contributed by atoms with van der Waals surface area (Å²) in [4.78, 5) is 13.3. The Morgan fingerprint density at radius 1 is 0.840 bits per heavy atom. The molecule has 0 saturated carbocycles. The van der Waals surface area contributed by atoms with Crippen molar-refractivity contribution in [3.63, 3.8) is 0 Å². The fourth-order valence-corrected chi connectivity index (χ4v) is 3.64. The number of rotatable bonds is 3. The number of hydrogen-bond donors (Lipinski definition) is 1. The second-order valence-corrected chi connectivity index (χ2v) is 6.58. The molecule has 0 radical (unpaired) electrons. The van der Waals surface area contributed by atoms with E-state index in [9.17, 15) is 4.79 Å². The molecule has 126 valence electrons. The van der Waals surface area contributed by atoms with Crippen LogP contribution in [0.1, 0.15) is 18.4 Å². The Morgan fingerprint density at radius 3 is 2.28 bits per heavy atom. The Hall–Kier alpha value is -2.65. The van der Waals surface area contributed by atoms with Gasteiger partial charge in [-0.15, -0.1) is 0 Å². The molecule has 1 aliphatic rings. The lowest BCUT2D eigenvalue weighted by Gasteiger charge is -2.36. The molecule has 25 heavy (non-hydrogen) atoms. The zero-order valence-corrected chi connectivity index (χ0v) is 14.1. The standard InChI is InChI=1S/C22H21NO2/c24-21(23-20-11-10-17-6-4-5-7-18(17)16-20)22(12-14-25-15-13-22)19-8-2-1-3-9-19/h1-11,16H,12-15H2,(H,23,24). The van der Waals surface area contributed by atoms with Crippen molar-refractivity contribution in [3.8, 4) is 0 Å². The number of ether oxygens (including phenoxy) is 1. The molecule has 1 saturated heterocycles. The highest BCUT2D eigenvalue weighted by atomic mass is 16.5. The third kappa shape index (κ3) is 3.03. The highest BCUT2D eigenvalue weighted by Gasteiger charge is 2.41. The maximum absolute atomic E-state index is 13.3. The number of hydrogen-bond acceptors (Lipinski definition) is 2. The molecule has 0 bridgehead atoms. The Labute approximate surface area is 147 Å². The number of carbonyl (C=O) groups is 1. The van der Waals surface area contributed by atoms with Gasteiger partial charge >= 0.3 is 0 Å². The lowest BCUT2D eigenvalue weighted by Crippen LogP contribution is -2.44. The molecule has 0 aliphatic carbocycles. The van der Waals surface area contributed by atoms with Crippen LogP contribution in [0.5, 0.6) is 0 Å². The quantitative estimate of drug-likeness (QED) is 0.766. The van der Waals surface area contributed by atoms with Crippen LogP contribution in [0, 0.1) is 0 Å². The lowest BCUT2D eigenvalue weighted by atomic mass is 9.73. The summed E-state index contributed by atoms with van der Waals surface area (Å²) in [7, 11) is 0. The molecule has 1 fully saturated rings. The topological polar surface area (TPSA) is 38.3 Å². The van der Waals surface area contributed by atoms with Crippen LogP contribution in [0.2, 0.25) is 0 Å². The van der Waals surface area contributed by atoms with E-state index in [2.05, 4.69) is 17.4 Å². The third-order valence-electron chi connectivity index (χ3n) is 5.11. The highest BCUT2D eigenvalue weighted by Crippen LogP contribution is 2.36. The molecule has 1 heterocycles. The van der Waals surface area contributed by atoms with Crippen molar-refractivity contribution >= 4 is 22.4 Å². The van der Waals surface area contributed by atoms with Crippen LogP contribution in [-0.4, -0.2) is 19.1 Å². The second kappa shape index (κ2) is 6.69. The molecule has 0 unspecified atom stereocenters. The van der Waals surface area contributed by atoms with Crippen molar-refractivity contribution in [3.05, 3.63) is 78.4 Å². The summed E-state index contributed by atoms with van der Waals surface area (Å²) in [5.41, 5.74) is 1.38. The average molecular weight is 331 g/mol. The number of fused-ring (bicyclic) bond motifs is 1. The largest absolute Gasteiger partial charge is 0.381 e. The van der Waals surface area contributed by atoms with Gasteiger partial charge in [-0.25, -0.2) is 0 Å². The minimum absolute atomic E-state index is 0.0530. The fourth-order valence-electron chi connectivity index (χ4n) is 3.64. The van der Waals surface area contributed by atoms with Gasteiger partial charge in [-0.05, 0) is 41.3 Å². The van der Waals surface area contributed by atoms with Gasteiger partial charge in [-0.2, -0.15) is 0 Å². The number of amides is 1. The van der Waals surface area contributed by atoms with Crippen molar-refractivity contribution in [2.45, 2.75) is 18.3 Å². The summed E-state index contributed by atoms with van der Waals surface area (Å²) in [5, 5.41) is 5.45. The second-order valence-electron chi connectivity index (χ2n) is 6.58. The van der Waals surface area contributed by atoms with Crippen molar-refractivity contribution < 1.29 is 9.53 Å². The fraction of sp³-hybridized carbons (Fsp3) is 0.227. The molecule has 1 aliphatic heterocycles. The zero-order chi connectivity index (χ0) is 17.1. The molecule has 3 nitrogen and oxygen atoms in total. The van der Waals surface area contributed by atoms with Crippen molar-refractivity contribution in [1.82, 2.24) is 0 Å². The van der Waals surface area contributed by atoms with E-state index in [1.807, 2.05) is 60.7 Å². The van der Waals surface area contributed by atoms with Crippen molar-refractivity contribution in [2.24, 2.45) is 0 Å². The van der Waals surface area contributed by atoms with Crippen LogP contribution in [0.15, 0.2) is 72.8 Å². The molecule has 0 spiro atoms. The Bertz CT molecular complexity index is 883. The molecule has 3 aromatic rings. The molecular weight excluding hydrogens is 310 g/mol. The van der Waals surface area contributed by atoms with E-state index in [1.54, 1.807) is 0 Å². The summed E-state index contributed by atoms with van der Waals surface area (Å²) in [6.45, 7) is 1.22. The van der Waals surface area contributed by atoms with Crippen LogP contribution in [-0.2, 0) is 14.9 Å². The molecular formula is C22H21NO2. The molecule has 1 N–H and O–H groups in total. The molecule has 3 heteroatoms. The van der Waals surface area contributed by atoms with Gasteiger partial charge in [0.2, 0.25) is 5.91 Å². The normalized spacial score (nSPS) is 16.5. The van der Waals surface area contributed by atoms with Crippen LogP contribution in [0.25, 0.3) is 10.8 Å². The van der Waals surface area contributed by atoms with Crippen LogP contribution >= 0.6 is 0 Å². The van der Waals surface area contributed by atoms with E-state index in [4.69, 9.17) is 4.74 Å². The maximum atomic E-state index is 13.3. The lowest BCUT2D eigenvalue weighted by molar-refractivity contribution is -0.125. The van der Waals surface area contributed by atoms with Gasteiger partial charge in [0, 0.05) is 18.9 Å². The summed E-state index contributed by atoms with van der Waals surface area (Å²) in [6, 6.07) is 24.3. The van der Waals surface area contributed by atoms with Crippen molar-refractivity contribution in [1.29, 1.82) is 0 Å². The van der Waals surface area contributed by atoms with Gasteiger partial charge in [0.25, 0.3) is 0 Å². The Balaban J connectivity index is 1.66. The number of anilines is 1. The van der Waals surface area contributed by atoms with E-state index < -0.39 is 5.41 Å². The molecule has 0 atom stereocenters. The van der Waals surface area contributed by atoms with Crippen LogP contribution < -0.4 is 5.32 Å². The van der Waals surface area contributed by atoms with Gasteiger partial charge in [0.1, 0.15) is 0 Å². The smallest absolute Gasteiger partial charge is 0.235 e. The predicted octanol–water partition coefficient (Wildman–Crippen LogP) is 4.53. The molecule has 3 aromatic carbocycles. The van der Waals surface area contributed by atoms with Crippen LogP contribution in [0.3, 0.4) is 0 Å². The zero-order valence-electron chi connectivity index (χ0n) is 14.1. The first-order valence-corrected chi connectivity index (χ1v) is 8.71. The SMILES string of the molecule is O=C(Nc1ccc2ccccc2c1)C1(c2ccccc2)CCOCC1. The minimum Gasteiger partial charge on any atom is -0.381 e. The average Bonchev–Trinajstić information content (AvgIpc) is 2.69. The van der Waals surface area contributed by atoms with Gasteiger partial charge < -0.3 is 10.1 Å². The van der Waals surface area contributed by atoms with Gasteiger partial charge in [0.15, 0.2) is 0 Å². The first kappa shape index (κ1) is 15.9. The van der Waals surface area contributed by atoms with Crippen LogP contribution in [0.4, 0.5) is 5.69 Å². The molecule has 1 amide bonds. The molecule has 0 aromatic heterocycles. The Kier molecular flexibility index (Phi) is 4.24. The summed E-state index contributed by atoms with van der Waals surface area (Å²) in [5.74, 6) is 0.0530. The molecule has 4 rings (SSSR count). The van der Waals surface area contributed by atoms with Gasteiger partial charge in [-0.1, -0.05) is 60.7 Å². The first-order chi connectivity index (χ1) is 12.3. The highest BCUT2D eigenvalue weighted by molar-refractivity contribution is 6.00. The number of nitrogens with one attached hydrogen (secondary N) is 1. The van der Waals surface area contributed by atoms with Crippen molar-refractivity contribution in [2.75, 3.05) is 18.5 Å². The monoisotopic (exact) mass is 331 g/mol. The summed E-state index contributed by atoms with van der Waals surface area (Å²) < 4.78 is 5.52. The van der Waals surface area contributed by atoms with E-state index >= 15 is 0 Å².